The quantitative estimate of drug-likeness (QED) is 0.325. The number of hydrogen-bond donors (Lipinski definition) is 3. The molecule has 1 heterocycles. The molecule has 1 aliphatic rings. The number of aliphatic imine (C=N–C) groups is 1. The Morgan fingerprint density at radius 2 is 1.75 bits per heavy atom. The molecule has 1 aliphatic heterocycles. The smallest absolute Gasteiger partial charge is 0.208 e. The summed E-state index contributed by atoms with van der Waals surface area (Å²) in [5, 5.41) is 6.31. The number of guanidine groups is 1. The van der Waals surface area contributed by atoms with Crippen molar-refractivity contribution in [3.05, 3.63) is 0 Å². The van der Waals surface area contributed by atoms with Gasteiger partial charge in [0.15, 0.2) is 5.96 Å². The van der Waals surface area contributed by atoms with E-state index in [-0.39, 0.29) is 0 Å². The van der Waals surface area contributed by atoms with Gasteiger partial charge in [0.2, 0.25) is 10.0 Å². The molecule has 0 unspecified atom stereocenters. The van der Waals surface area contributed by atoms with Crippen LogP contribution in [0.2, 0.25) is 0 Å². The zero-order chi connectivity index (χ0) is 14.8. The number of rotatable bonds is 7. The molecule has 1 saturated heterocycles. The highest BCUT2D eigenvalue weighted by molar-refractivity contribution is 7.88. The fourth-order valence-corrected chi connectivity index (χ4v) is 2.63. The second kappa shape index (κ2) is 9.15. The van der Waals surface area contributed by atoms with E-state index in [2.05, 4.69) is 25.2 Å². The summed E-state index contributed by atoms with van der Waals surface area (Å²) in [6.07, 6.45) is 5.09. The second-order valence-electron chi connectivity index (χ2n) is 4.99. The van der Waals surface area contributed by atoms with Gasteiger partial charge in [0.1, 0.15) is 0 Å². The molecule has 0 bridgehead atoms. The van der Waals surface area contributed by atoms with Crippen molar-refractivity contribution in [3.8, 4) is 0 Å². The SMILES string of the molecule is CN=C(NCCNS(C)(=O)=O)NCCN1CCCCC1. The molecule has 0 aliphatic carbocycles. The Hall–Kier alpha value is -0.860. The summed E-state index contributed by atoms with van der Waals surface area (Å²) >= 11 is 0. The Bertz CT molecular complexity index is 391. The van der Waals surface area contributed by atoms with Crippen molar-refractivity contribution in [2.45, 2.75) is 19.3 Å². The van der Waals surface area contributed by atoms with Crippen LogP contribution in [0.25, 0.3) is 0 Å². The lowest BCUT2D eigenvalue weighted by atomic mass is 10.1. The molecule has 0 saturated carbocycles. The first kappa shape index (κ1) is 17.2. The summed E-state index contributed by atoms with van der Waals surface area (Å²) in [7, 11) is -1.41. The summed E-state index contributed by atoms with van der Waals surface area (Å²) in [5.74, 6) is 0.706. The molecule has 20 heavy (non-hydrogen) atoms. The zero-order valence-electron chi connectivity index (χ0n) is 12.5. The Morgan fingerprint density at radius 1 is 1.10 bits per heavy atom. The third-order valence-electron chi connectivity index (χ3n) is 3.17. The monoisotopic (exact) mass is 305 g/mol. The van der Waals surface area contributed by atoms with Crippen LogP contribution >= 0.6 is 0 Å². The van der Waals surface area contributed by atoms with Crippen LogP contribution in [-0.2, 0) is 10.0 Å². The molecule has 0 amide bonds. The maximum absolute atomic E-state index is 10.9. The summed E-state index contributed by atoms with van der Waals surface area (Å²) in [5.41, 5.74) is 0. The lowest BCUT2D eigenvalue weighted by Gasteiger charge is -2.26. The molecular weight excluding hydrogens is 278 g/mol. The van der Waals surface area contributed by atoms with E-state index >= 15 is 0 Å². The maximum atomic E-state index is 10.9. The molecule has 0 aromatic heterocycles. The molecule has 0 aromatic rings. The lowest BCUT2D eigenvalue weighted by Crippen LogP contribution is -2.44. The Labute approximate surface area is 122 Å². The molecule has 1 fully saturated rings. The third kappa shape index (κ3) is 8.34. The highest BCUT2D eigenvalue weighted by atomic mass is 32.2. The molecule has 118 valence electrons. The average molecular weight is 305 g/mol. The van der Waals surface area contributed by atoms with Crippen LogP contribution in [0.5, 0.6) is 0 Å². The van der Waals surface area contributed by atoms with Gasteiger partial charge in [-0.3, -0.25) is 4.99 Å². The van der Waals surface area contributed by atoms with Crippen LogP contribution in [0.4, 0.5) is 0 Å². The van der Waals surface area contributed by atoms with Crippen LogP contribution in [0.15, 0.2) is 4.99 Å². The van der Waals surface area contributed by atoms with Crippen molar-refractivity contribution < 1.29 is 8.42 Å². The van der Waals surface area contributed by atoms with Crippen LogP contribution < -0.4 is 15.4 Å². The molecule has 0 spiro atoms. The van der Waals surface area contributed by atoms with Gasteiger partial charge in [-0.2, -0.15) is 0 Å². The summed E-state index contributed by atoms with van der Waals surface area (Å²) < 4.78 is 24.2. The van der Waals surface area contributed by atoms with Gasteiger partial charge in [-0.1, -0.05) is 6.42 Å². The molecule has 0 aromatic carbocycles. The highest BCUT2D eigenvalue weighted by Gasteiger charge is 2.09. The normalized spacial score (nSPS) is 18.0. The van der Waals surface area contributed by atoms with Crippen molar-refractivity contribution in [2.24, 2.45) is 4.99 Å². The van der Waals surface area contributed by atoms with E-state index < -0.39 is 10.0 Å². The maximum Gasteiger partial charge on any atom is 0.208 e. The van der Waals surface area contributed by atoms with Crippen LogP contribution in [0.1, 0.15) is 19.3 Å². The van der Waals surface area contributed by atoms with Gasteiger partial charge in [0.05, 0.1) is 6.26 Å². The van der Waals surface area contributed by atoms with Gasteiger partial charge in [0, 0.05) is 33.2 Å². The van der Waals surface area contributed by atoms with Crippen molar-refractivity contribution in [1.29, 1.82) is 0 Å². The van der Waals surface area contributed by atoms with E-state index in [0.717, 1.165) is 19.3 Å². The predicted octanol–water partition coefficient (Wildman–Crippen LogP) is -0.813. The van der Waals surface area contributed by atoms with E-state index in [1.165, 1.54) is 32.4 Å². The van der Waals surface area contributed by atoms with Gasteiger partial charge in [0.25, 0.3) is 0 Å². The molecule has 0 radical (unpaired) electrons. The summed E-state index contributed by atoms with van der Waals surface area (Å²) in [6, 6.07) is 0. The number of sulfonamides is 1. The number of likely N-dealkylation sites (tertiary alicyclic amines) is 1. The molecule has 7 nitrogen and oxygen atoms in total. The van der Waals surface area contributed by atoms with Crippen molar-refractivity contribution in [2.75, 3.05) is 52.6 Å². The molecule has 0 atom stereocenters. The van der Waals surface area contributed by atoms with Gasteiger partial charge in [-0.15, -0.1) is 0 Å². The zero-order valence-corrected chi connectivity index (χ0v) is 13.3. The highest BCUT2D eigenvalue weighted by Crippen LogP contribution is 2.07. The fourth-order valence-electron chi connectivity index (χ4n) is 2.15. The number of piperidine rings is 1. The van der Waals surface area contributed by atoms with E-state index in [4.69, 9.17) is 0 Å². The Kier molecular flexibility index (Phi) is 7.86. The van der Waals surface area contributed by atoms with E-state index in [1.807, 2.05) is 0 Å². The van der Waals surface area contributed by atoms with E-state index in [9.17, 15) is 8.42 Å². The summed E-state index contributed by atoms with van der Waals surface area (Å²) in [4.78, 5) is 6.56. The van der Waals surface area contributed by atoms with Crippen molar-refractivity contribution in [1.82, 2.24) is 20.3 Å². The minimum absolute atomic E-state index is 0.353. The fraction of sp³-hybridized carbons (Fsp3) is 0.917. The van der Waals surface area contributed by atoms with Crippen LogP contribution in [0, 0.1) is 0 Å². The minimum atomic E-state index is -3.12. The van der Waals surface area contributed by atoms with Gasteiger partial charge in [-0.05, 0) is 25.9 Å². The van der Waals surface area contributed by atoms with Gasteiger partial charge < -0.3 is 15.5 Å². The third-order valence-corrected chi connectivity index (χ3v) is 3.90. The lowest BCUT2D eigenvalue weighted by molar-refractivity contribution is 0.232. The first-order valence-corrected chi connectivity index (χ1v) is 9.02. The molecule has 3 N–H and O–H groups in total. The van der Waals surface area contributed by atoms with Gasteiger partial charge in [-0.25, -0.2) is 13.1 Å². The van der Waals surface area contributed by atoms with E-state index in [0.29, 0.717) is 19.0 Å². The predicted molar refractivity (Wildman–Crippen MR) is 82.5 cm³/mol. The first-order valence-electron chi connectivity index (χ1n) is 7.13. The van der Waals surface area contributed by atoms with Crippen LogP contribution in [0.3, 0.4) is 0 Å². The Morgan fingerprint density at radius 3 is 2.35 bits per heavy atom. The Balaban J connectivity index is 2.10. The standard InChI is InChI=1S/C12H27N5O2S/c1-13-12(14-6-7-16-20(2,18)19)15-8-11-17-9-4-3-5-10-17/h16H,3-11H2,1-2H3,(H2,13,14,15). The first-order chi connectivity index (χ1) is 9.51. The van der Waals surface area contributed by atoms with Crippen LogP contribution in [-0.4, -0.2) is 71.8 Å². The largest absolute Gasteiger partial charge is 0.355 e. The number of hydrogen-bond acceptors (Lipinski definition) is 4. The minimum Gasteiger partial charge on any atom is -0.355 e. The summed E-state index contributed by atoms with van der Waals surface area (Å²) in [6.45, 7) is 5.10. The molecule has 8 heteroatoms. The molecular formula is C12H27N5O2S. The van der Waals surface area contributed by atoms with E-state index in [1.54, 1.807) is 7.05 Å². The number of nitrogens with one attached hydrogen (secondary N) is 3. The second-order valence-corrected chi connectivity index (χ2v) is 6.83. The topological polar surface area (TPSA) is 85.8 Å². The van der Waals surface area contributed by atoms with Gasteiger partial charge >= 0.3 is 0 Å². The average Bonchev–Trinajstić information content (AvgIpc) is 2.41. The number of nitrogens with zero attached hydrogens (tertiary/aromatic N) is 2. The van der Waals surface area contributed by atoms with Crippen molar-refractivity contribution in [3.63, 3.8) is 0 Å². The molecule has 1 rings (SSSR count). The van der Waals surface area contributed by atoms with Crippen molar-refractivity contribution >= 4 is 16.0 Å².